The number of ether oxygens (including phenoxy) is 2. The van der Waals surface area contributed by atoms with E-state index in [0.29, 0.717) is 17.7 Å². The summed E-state index contributed by atoms with van der Waals surface area (Å²) in [6.07, 6.45) is -12.6. The number of aromatic amines is 1. The highest BCUT2D eigenvalue weighted by molar-refractivity contribution is 7.49. The van der Waals surface area contributed by atoms with E-state index in [1.165, 1.54) is 6.92 Å². The molecule has 2 aromatic carbocycles. The van der Waals surface area contributed by atoms with E-state index in [1.807, 2.05) is 0 Å². The van der Waals surface area contributed by atoms with Crippen molar-refractivity contribution in [3.63, 3.8) is 0 Å². The zero-order chi connectivity index (χ0) is 29.5. The van der Waals surface area contributed by atoms with Gasteiger partial charge in [-0.2, -0.15) is 26.3 Å². The Morgan fingerprint density at radius 1 is 1.10 bits per heavy atom. The van der Waals surface area contributed by atoms with Gasteiger partial charge in [0.05, 0.1) is 36.4 Å². The van der Waals surface area contributed by atoms with E-state index < -0.39 is 55.4 Å². The summed E-state index contributed by atoms with van der Waals surface area (Å²) in [6.45, 7) is 1.36. The molecule has 1 aliphatic rings. The van der Waals surface area contributed by atoms with Gasteiger partial charge in [0, 0.05) is 6.54 Å². The second-order valence-corrected chi connectivity index (χ2v) is 10.4. The van der Waals surface area contributed by atoms with E-state index in [2.05, 4.69) is 10.1 Å². The highest BCUT2D eigenvalue weighted by atomic mass is 31.2. The van der Waals surface area contributed by atoms with Gasteiger partial charge in [-0.3, -0.25) is 9.88 Å². The van der Waals surface area contributed by atoms with Crippen molar-refractivity contribution in [2.24, 2.45) is 0 Å². The molecule has 0 aliphatic carbocycles. The van der Waals surface area contributed by atoms with Gasteiger partial charge >= 0.3 is 25.8 Å². The van der Waals surface area contributed by atoms with Crippen molar-refractivity contribution in [1.29, 1.82) is 0 Å². The van der Waals surface area contributed by atoms with Crippen LogP contribution in [0.3, 0.4) is 0 Å². The van der Waals surface area contributed by atoms with Crippen LogP contribution in [0, 0.1) is 0 Å². The lowest BCUT2D eigenvalue weighted by atomic mass is 10.0. The number of hydrogen-bond acceptors (Lipinski definition) is 6. The summed E-state index contributed by atoms with van der Waals surface area (Å²) in [6, 6.07) is 8.87. The summed E-state index contributed by atoms with van der Waals surface area (Å²) in [4.78, 5) is 34.5. The van der Waals surface area contributed by atoms with Crippen LogP contribution in [0.4, 0.5) is 26.3 Å². The SMILES string of the molecule is C[C@H](O[C@H]1OCCN(Cc2nn(P(=O)(O)O)c(=O)[nH]2)[C@H]1c1ccccc1)c1cc(C(F)(F)F)cc(C(F)(F)F)c1. The molecule has 0 radical (unpaired) electrons. The Morgan fingerprint density at radius 2 is 1.70 bits per heavy atom. The highest BCUT2D eigenvalue weighted by Gasteiger charge is 2.39. The molecule has 3 aromatic rings. The van der Waals surface area contributed by atoms with Gasteiger partial charge in [-0.15, -0.1) is 9.55 Å². The average Bonchev–Trinajstić information content (AvgIpc) is 3.24. The number of nitrogens with one attached hydrogen (secondary N) is 1. The summed E-state index contributed by atoms with van der Waals surface area (Å²) < 4.78 is 103. The number of rotatable bonds is 7. The van der Waals surface area contributed by atoms with Crippen molar-refractivity contribution in [3.8, 4) is 0 Å². The van der Waals surface area contributed by atoms with Gasteiger partial charge < -0.3 is 19.3 Å². The van der Waals surface area contributed by atoms with E-state index in [9.17, 15) is 45.5 Å². The molecule has 4 rings (SSSR count). The van der Waals surface area contributed by atoms with Crippen molar-refractivity contribution in [2.45, 2.75) is 44.3 Å². The minimum atomic E-state index is -5.03. The molecule has 3 atom stereocenters. The third kappa shape index (κ3) is 6.82. The predicted molar refractivity (Wildman–Crippen MR) is 126 cm³/mol. The molecule has 1 aromatic heterocycles. The van der Waals surface area contributed by atoms with Crippen molar-refractivity contribution in [3.05, 3.63) is 87.1 Å². The maximum Gasteiger partial charge on any atom is 0.454 e. The van der Waals surface area contributed by atoms with Gasteiger partial charge in [0.1, 0.15) is 5.82 Å². The molecule has 0 amide bonds. The van der Waals surface area contributed by atoms with Gasteiger partial charge in [-0.25, -0.2) is 9.36 Å². The molecule has 0 bridgehead atoms. The Bertz CT molecular complexity index is 1410. The van der Waals surface area contributed by atoms with Crippen LogP contribution in [0.2, 0.25) is 0 Å². The van der Waals surface area contributed by atoms with E-state index in [4.69, 9.17) is 9.47 Å². The van der Waals surface area contributed by atoms with E-state index in [0.717, 1.165) is 0 Å². The number of H-pyrrole nitrogens is 1. The van der Waals surface area contributed by atoms with Crippen LogP contribution in [0.5, 0.6) is 0 Å². The van der Waals surface area contributed by atoms with E-state index >= 15 is 0 Å². The number of nitrogens with zero attached hydrogens (tertiary/aromatic N) is 3. The number of hydrogen-bond donors (Lipinski definition) is 3. The first kappa shape index (κ1) is 30.0. The average molecular weight is 596 g/mol. The third-order valence-corrected chi connectivity index (χ3v) is 6.88. The molecule has 0 unspecified atom stereocenters. The standard InChI is InChI=1S/C23H23F6N4O6P/c1-13(15-9-16(22(24,25)26)11-17(10-15)23(27,28)29)39-20-19(14-5-3-2-4-6-14)32(7-8-38-20)12-18-30-21(34)33(31-18)40(35,36)37/h2-6,9-11,13,19-20H,7-8,12H2,1H3,(H,30,31,34)(H2,35,36,37)/t13-,19-,20+/m0/s1. The van der Waals surface area contributed by atoms with E-state index in [-0.39, 0.29) is 41.6 Å². The molecular weight excluding hydrogens is 573 g/mol. The maximum atomic E-state index is 13.4. The van der Waals surface area contributed by atoms with Gasteiger partial charge in [0.25, 0.3) is 0 Å². The van der Waals surface area contributed by atoms with Crippen molar-refractivity contribution < 1.29 is 50.2 Å². The maximum absolute atomic E-state index is 13.4. The fourth-order valence-corrected chi connectivity index (χ4v) is 4.80. The Labute approximate surface area is 222 Å². The fourth-order valence-electron chi connectivity index (χ4n) is 4.29. The first-order chi connectivity index (χ1) is 18.5. The molecule has 17 heteroatoms. The van der Waals surface area contributed by atoms with Gasteiger partial charge in [0.2, 0.25) is 0 Å². The second-order valence-electron chi connectivity index (χ2n) is 8.96. The van der Waals surface area contributed by atoms with Crippen LogP contribution in [0.1, 0.15) is 47.1 Å². The lowest BCUT2D eigenvalue weighted by molar-refractivity contribution is -0.231. The molecule has 0 saturated carbocycles. The van der Waals surface area contributed by atoms with Crippen LogP contribution >= 0.6 is 7.75 Å². The van der Waals surface area contributed by atoms with Crippen LogP contribution < -0.4 is 5.69 Å². The first-order valence-electron chi connectivity index (χ1n) is 11.6. The summed E-state index contributed by atoms with van der Waals surface area (Å²) >= 11 is 0. The monoisotopic (exact) mass is 596 g/mol. The number of morpholine rings is 1. The highest BCUT2D eigenvalue weighted by Crippen LogP contribution is 2.40. The molecule has 2 heterocycles. The molecule has 218 valence electrons. The summed E-state index contributed by atoms with van der Waals surface area (Å²) in [5, 5.41) is 3.65. The van der Waals surface area contributed by atoms with Crippen LogP contribution in [0.25, 0.3) is 0 Å². The molecular formula is C23H23F6N4O6P. The van der Waals surface area contributed by atoms with Crippen molar-refractivity contribution in [1.82, 2.24) is 19.4 Å². The topological polar surface area (TPSA) is 130 Å². The lowest BCUT2D eigenvalue weighted by Gasteiger charge is -2.41. The lowest BCUT2D eigenvalue weighted by Crippen LogP contribution is -2.46. The zero-order valence-corrected chi connectivity index (χ0v) is 21.5. The number of alkyl halides is 6. The molecule has 10 nitrogen and oxygen atoms in total. The molecule has 0 spiro atoms. The van der Waals surface area contributed by atoms with Crippen molar-refractivity contribution in [2.75, 3.05) is 13.2 Å². The molecule has 3 N–H and O–H groups in total. The molecule has 40 heavy (non-hydrogen) atoms. The Morgan fingerprint density at radius 3 is 2.23 bits per heavy atom. The normalized spacial score (nSPS) is 20.0. The largest absolute Gasteiger partial charge is 0.454 e. The summed E-state index contributed by atoms with van der Waals surface area (Å²) in [5.74, 6) is -0.101. The smallest absolute Gasteiger partial charge is 0.349 e. The number of halogens is 6. The van der Waals surface area contributed by atoms with Crippen molar-refractivity contribution >= 4 is 7.75 Å². The van der Waals surface area contributed by atoms with Gasteiger partial charge in [0.15, 0.2) is 6.29 Å². The number of benzene rings is 2. The van der Waals surface area contributed by atoms with Gasteiger partial charge in [-0.1, -0.05) is 30.3 Å². The van der Waals surface area contributed by atoms with Crippen LogP contribution in [-0.2, 0) is 32.9 Å². The Hall–Kier alpha value is -3.01. The van der Waals surface area contributed by atoms with Crippen LogP contribution in [0.15, 0.2) is 53.3 Å². The van der Waals surface area contributed by atoms with Crippen LogP contribution in [-0.4, -0.2) is 48.7 Å². The molecule has 1 fully saturated rings. The Kier molecular flexibility index (Phi) is 8.32. The van der Waals surface area contributed by atoms with Gasteiger partial charge in [-0.05, 0) is 36.2 Å². The molecule has 1 aliphatic heterocycles. The summed E-state index contributed by atoms with van der Waals surface area (Å²) in [7, 11) is -5.03. The van der Waals surface area contributed by atoms with E-state index in [1.54, 1.807) is 35.2 Å². The zero-order valence-electron chi connectivity index (χ0n) is 20.6. The quantitative estimate of drug-likeness (QED) is 0.273. The minimum absolute atomic E-state index is 0.00222. The summed E-state index contributed by atoms with van der Waals surface area (Å²) in [5.41, 5.74) is -3.89. The fraction of sp³-hybridized carbons (Fsp3) is 0.391. The second kappa shape index (κ2) is 11.1. The first-order valence-corrected chi connectivity index (χ1v) is 13.2. The predicted octanol–water partition coefficient (Wildman–Crippen LogP) is 4.23. The third-order valence-electron chi connectivity index (χ3n) is 6.12. The minimum Gasteiger partial charge on any atom is -0.349 e. The Balaban J connectivity index is 1.66. The molecule has 1 saturated heterocycles. The number of aromatic nitrogens is 3.